The third kappa shape index (κ3) is 2.46. The molecule has 2 heteroatoms. The maximum absolute atomic E-state index is 6.16. The van der Waals surface area contributed by atoms with Gasteiger partial charge in [-0.05, 0) is 23.3 Å². The van der Waals surface area contributed by atoms with E-state index in [1.807, 2.05) is 48.5 Å². The fourth-order valence-electron chi connectivity index (χ4n) is 1.55. The van der Waals surface area contributed by atoms with Crippen LogP contribution in [0.4, 0.5) is 0 Å². The Labute approximate surface area is 98.1 Å². The van der Waals surface area contributed by atoms with Crippen LogP contribution in [0, 0.1) is 0 Å². The highest BCUT2D eigenvalue weighted by Gasteiger charge is 2.07. The van der Waals surface area contributed by atoms with Crippen LogP contribution < -0.4 is 5.73 Å². The second-order valence-corrected chi connectivity index (χ2v) is 4.36. The third-order valence-corrected chi connectivity index (χ3v) is 2.86. The molecule has 2 aromatic rings. The summed E-state index contributed by atoms with van der Waals surface area (Å²) in [6.45, 7) is 0. The Hall–Kier alpha value is -1.12. The molecule has 0 aromatic heterocycles. The van der Waals surface area contributed by atoms with Gasteiger partial charge < -0.3 is 5.73 Å². The topological polar surface area (TPSA) is 26.0 Å². The van der Waals surface area contributed by atoms with Crippen LogP contribution >= 0.6 is 15.9 Å². The quantitative estimate of drug-likeness (QED) is 0.880. The first kappa shape index (κ1) is 10.4. The second-order valence-electron chi connectivity index (χ2n) is 3.44. The number of nitrogens with two attached hydrogens (primary N) is 1. The van der Waals surface area contributed by atoms with Crippen LogP contribution in [0.3, 0.4) is 0 Å². The summed E-state index contributed by atoms with van der Waals surface area (Å²) in [5, 5.41) is 0. The van der Waals surface area contributed by atoms with E-state index in [0.717, 1.165) is 15.6 Å². The first-order chi connectivity index (χ1) is 7.27. The molecule has 0 aliphatic rings. The minimum Gasteiger partial charge on any atom is -0.320 e. The van der Waals surface area contributed by atoms with E-state index >= 15 is 0 Å². The van der Waals surface area contributed by atoms with Gasteiger partial charge in [-0.2, -0.15) is 0 Å². The molecule has 0 saturated heterocycles. The summed E-state index contributed by atoms with van der Waals surface area (Å²) in [6, 6.07) is 18.2. The number of rotatable bonds is 2. The zero-order valence-electron chi connectivity index (χ0n) is 8.23. The SMILES string of the molecule is NC(c1ccccc1)c1cccc(Br)c1. The van der Waals surface area contributed by atoms with E-state index in [4.69, 9.17) is 5.73 Å². The molecule has 1 unspecified atom stereocenters. The van der Waals surface area contributed by atoms with E-state index in [2.05, 4.69) is 22.0 Å². The number of hydrogen-bond acceptors (Lipinski definition) is 1. The van der Waals surface area contributed by atoms with Crippen LogP contribution in [0.25, 0.3) is 0 Å². The fraction of sp³-hybridized carbons (Fsp3) is 0.0769. The Bertz CT molecular complexity index is 439. The summed E-state index contributed by atoms with van der Waals surface area (Å²) in [6.07, 6.45) is 0. The van der Waals surface area contributed by atoms with Crippen molar-refractivity contribution >= 4 is 15.9 Å². The van der Waals surface area contributed by atoms with Crippen molar-refractivity contribution in [2.45, 2.75) is 6.04 Å². The van der Waals surface area contributed by atoms with Crippen molar-refractivity contribution in [1.82, 2.24) is 0 Å². The van der Waals surface area contributed by atoms with Crippen molar-refractivity contribution in [2.75, 3.05) is 0 Å². The van der Waals surface area contributed by atoms with E-state index < -0.39 is 0 Å². The average Bonchev–Trinajstić information content (AvgIpc) is 2.29. The summed E-state index contributed by atoms with van der Waals surface area (Å²) < 4.78 is 1.06. The van der Waals surface area contributed by atoms with Gasteiger partial charge in [0.15, 0.2) is 0 Å². The van der Waals surface area contributed by atoms with Crippen molar-refractivity contribution in [3.63, 3.8) is 0 Å². The van der Waals surface area contributed by atoms with Gasteiger partial charge in [0.05, 0.1) is 6.04 Å². The summed E-state index contributed by atoms with van der Waals surface area (Å²) in [5.74, 6) is 0. The van der Waals surface area contributed by atoms with Gasteiger partial charge in [0, 0.05) is 4.47 Å². The maximum Gasteiger partial charge on any atom is 0.0552 e. The molecule has 0 spiro atoms. The molecule has 0 bridgehead atoms. The molecule has 1 atom stereocenters. The first-order valence-electron chi connectivity index (χ1n) is 4.83. The van der Waals surface area contributed by atoms with Crippen molar-refractivity contribution in [1.29, 1.82) is 0 Å². The molecule has 0 saturated carbocycles. The van der Waals surface area contributed by atoms with Gasteiger partial charge in [0.1, 0.15) is 0 Å². The normalized spacial score (nSPS) is 12.4. The lowest BCUT2D eigenvalue weighted by molar-refractivity contribution is 0.870. The Morgan fingerprint density at radius 1 is 0.867 bits per heavy atom. The Morgan fingerprint density at radius 2 is 1.53 bits per heavy atom. The molecule has 0 amide bonds. The first-order valence-corrected chi connectivity index (χ1v) is 5.62. The smallest absolute Gasteiger partial charge is 0.0552 e. The number of halogens is 1. The van der Waals surface area contributed by atoms with Gasteiger partial charge in [-0.15, -0.1) is 0 Å². The zero-order chi connectivity index (χ0) is 10.7. The lowest BCUT2D eigenvalue weighted by atomic mass is 10.00. The van der Waals surface area contributed by atoms with Gasteiger partial charge in [-0.3, -0.25) is 0 Å². The van der Waals surface area contributed by atoms with Crippen molar-refractivity contribution in [2.24, 2.45) is 5.73 Å². The fourth-order valence-corrected chi connectivity index (χ4v) is 1.97. The third-order valence-electron chi connectivity index (χ3n) is 2.37. The standard InChI is InChI=1S/C13H12BrN/c14-12-8-4-7-11(9-12)13(15)10-5-2-1-3-6-10/h1-9,13H,15H2. The van der Waals surface area contributed by atoms with E-state index in [0.29, 0.717) is 0 Å². The lowest BCUT2D eigenvalue weighted by Gasteiger charge is -2.12. The highest BCUT2D eigenvalue weighted by molar-refractivity contribution is 9.10. The predicted octanol–water partition coefficient (Wildman–Crippen LogP) is 3.50. The van der Waals surface area contributed by atoms with Gasteiger partial charge in [0.2, 0.25) is 0 Å². The molecule has 0 radical (unpaired) electrons. The molecular formula is C13H12BrN. The van der Waals surface area contributed by atoms with Crippen molar-refractivity contribution < 1.29 is 0 Å². The van der Waals surface area contributed by atoms with Crippen LogP contribution in [0.5, 0.6) is 0 Å². The highest BCUT2D eigenvalue weighted by atomic mass is 79.9. The Balaban J connectivity index is 2.32. The summed E-state index contributed by atoms with van der Waals surface area (Å²) in [5.41, 5.74) is 8.42. The van der Waals surface area contributed by atoms with Crippen LogP contribution in [0.2, 0.25) is 0 Å². The van der Waals surface area contributed by atoms with E-state index in [1.54, 1.807) is 0 Å². The van der Waals surface area contributed by atoms with E-state index in [-0.39, 0.29) is 6.04 Å². The minimum atomic E-state index is -0.0521. The Morgan fingerprint density at radius 3 is 2.20 bits per heavy atom. The lowest BCUT2D eigenvalue weighted by Crippen LogP contribution is -2.11. The molecule has 15 heavy (non-hydrogen) atoms. The van der Waals surface area contributed by atoms with Crippen molar-refractivity contribution in [3.8, 4) is 0 Å². The molecule has 0 heterocycles. The largest absolute Gasteiger partial charge is 0.320 e. The second kappa shape index (κ2) is 4.60. The summed E-state index contributed by atoms with van der Waals surface area (Å²) in [4.78, 5) is 0. The molecule has 2 aromatic carbocycles. The predicted molar refractivity (Wildman–Crippen MR) is 66.6 cm³/mol. The molecular weight excluding hydrogens is 250 g/mol. The maximum atomic E-state index is 6.16. The molecule has 0 aliphatic carbocycles. The monoisotopic (exact) mass is 261 g/mol. The average molecular weight is 262 g/mol. The van der Waals surface area contributed by atoms with E-state index in [9.17, 15) is 0 Å². The van der Waals surface area contributed by atoms with Gasteiger partial charge in [-0.1, -0.05) is 58.4 Å². The molecule has 76 valence electrons. The summed E-state index contributed by atoms with van der Waals surface area (Å²) in [7, 11) is 0. The van der Waals surface area contributed by atoms with E-state index in [1.165, 1.54) is 0 Å². The summed E-state index contributed by atoms with van der Waals surface area (Å²) >= 11 is 3.45. The van der Waals surface area contributed by atoms with Crippen LogP contribution in [-0.2, 0) is 0 Å². The molecule has 0 aliphatic heterocycles. The van der Waals surface area contributed by atoms with Crippen molar-refractivity contribution in [3.05, 3.63) is 70.2 Å². The zero-order valence-corrected chi connectivity index (χ0v) is 9.81. The number of hydrogen-bond donors (Lipinski definition) is 1. The van der Waals surface area contributed by atoms with Crippen LogP contribution in [0.1, 0.15) is 17.2 Å². The minimum absolute atomic E-state index is 0.0521. The van der Waals surface area contributed by atoms with Gasteiger partial charge >= 0.3 is 0 Å². The molecule has 1 nitrogen and oxygen atoms in total. The molecule has 2 rings (SSSR count). The van der Waals surface area contributed by atoms with Gasteiger partial charge in [0.25, 0.3) is 0 Å². The van der Waals surface area contributed by atoms with Gasteiger partial charge in [-0.25, -0.2) is 0 Å². The molecule has 2 N–H and O–H groups in total. The molecule has 0 fully saturated rings. The highest BCUT2D eigenvalue weighted by Crippen LogP contribution is 2.21. The number of benzene rings is 2. The van der Waals surface area contributed by atoms with Crippen LogP contribution in [0.15, 0.2) is 59.1 Å². The Kier molecular flexibility index (Phi) is 3.19. The van der Waals surface area contributed by atoms with Crippen LogP contribution in [-0.4, -0.2) is 0 Å².